The summed E-state index contributed by atoms with van der Waals surface area (Å²) in [5.74, 6) is -0.311. The van der Waals surface area contributed by atoms with Crippen molar-refractivity contribution in [1.29, 1.82) is 0 Å². The van der Waals surface area contributed by atoms with Gasteiger partial charge in [0.05, 0.1) is 37.4 Å². The average molecular weight is 530 g/mol. The Labute approximate surface area is 227 Å². The molecular formula is C31H32FN3O4. The molecule has 1 saturated carbocycles. The fourth-order valence-electron chi connectivity index (χ4n) is 6.84. The number of ether oxygens (including phenoxy) is 3. The first kappa shape index (κ1) is 25.8. The monoisotopic (exact) mass is 529 g/mol. The minimum atomic E-state index is -0.530. The molecule has 3 atom stereocenters. The number of nitrogens with zero attached hydrogens (tertiary/aromatic N) is 3. The van der Waals surface area contributed by atoms with Gasteiger partial charge in [-0.25, -0.2) is 19.2 Å². The van der Waals surface area contributed by atoms with Gasteiger partial charge in [0.15, 0.2) is 11.6 Å². The Morgan fingerprint density at radius 3 is 2.72 bits per heavy atom. The van der Waals surface area contributed by atoms with Gasteiger partial charge in [-0.15, -0.1) is 0 Å². The number of carbonyl (C=O) groups is 1. The number of carbonyl (C=O) groups excluding carboxylic acids is 1. The Kier molecular flexibility index (Phi) is 6.55. The predicted octanol–water partition coefficient (Wildman–Crippen LogP) is 5.52. The molecule has 1 aliphatic heterocycles. The van der Waals surface area contributed by atoms with Gasteiger partial charge in [-0.05, 0) is 55.5 Å². The van der Waals surface area contributed by atoms with Gasteiger partial charge in [0.2, 0.25) is 0 Å². The summed E-state index contributed by atoms with van der Waals surface area (Å²) in [6.45, 7) is 5.78. The molecular weight excluding hydrogens is 497 g/mol. The van der Waals surface area contributed by atoms with Crippen molar-refractivity contribution in [1.82, 2.24) is 15.0 Å². The molecule has 0 N–H and O–H groups in total. The van der Waals surface area contributed by atoms with Gasteiger partial charge < -0.3 is 14.2 Å². The maximum Gasteiger partial charge on any atom is 0.330 e. The minimum Gasteiger partial charge on any atom is -0.466 e. The van der Waals surface area contributed by atoms with Crippen LogP contribution in [0.5, 0.6) is 0 Å². The van der Waals surface area contributed by atoms with E-state index in [2.05, 4.69) is 18.8 Å². The molecule has 8 heteroatoms. The maximum absolute atomic E-state index is 15.2. The molecule has 2 fully saturated rings. The van der Waals surface area contributed by atoms with Gasteiger partial charge in [0, 0.05) is 46.7 Å². The highest BCUT2D eigenvalue weighted by atomic mass is 19.1. The van der Waals surface area contributed by atoms with Crippen molar-refractivity contribution in [2.45, 2.75) is 50.7 Å². The van der Waals surface area contributed by atoms with Crippen LogP contribution in [0, 0.1) is 17.7 Å². The summed E-state index contributed by atoms with van der Waals surface area (Å²) in [5.41, 5.74) is 4.16. The van der Waals surface area contributed by atoms with Crippen LogP contribution in [0.15, 0.2) is 48.7 Å². The molecule has 1 unspecified atom stereocenters. The summed E-state index contributed by atoms with van der Waals surface area (Å²) >= 11 is 0. The van der Waals surface area contributed by atoms with E-state index in [0.717, 1.165) is 42.5 Å². The summed E-state index contributed by atoms with van der Waals surface area (Å²) in [6, 6.07) is 10.4. The number of esters is 1. The molecule has 3 aliphatic rings. The fraction of sp³-hybridized carbons (Fsp3) is 0.419. The molecule has 0 bridgehead atoms. The molecule has 202 valence electrons. The van der Waals surface area contributed by atoms with Crippen LogP contribution in [-0.4, -0.2) is 47.0 Å². The summed E-state index contributed by atoms with van der Waals surface area (Å²) in [6.07, 6.45) is 7.89. The van der Waals surface area contributed by atoms with Crippen LogP contribution in [0.2, 0.25) is 0 Å². The molecule has 3 aromatic rings. The molecule has 1 aromatic carbocycles. The Balaban J connectivity index is 1.50. The molecule has 7 nitrogen and oxygen atoms in total. The Morgan fingerprint density at radius 2 is 1.95 bits per heavy atom. The molecule has 3 heterocycles. The fourth-order valence-corrected chi connectivity index (χ4v) is 6.84. The van der Waals surface area contributed by atoms with E-state index >= 15 is 4.39 Å². The van der Waals surface area contributed by atoms with Gasteiger partial charge in [0.1, 0.15) is 5.82 Å². The molecule has 0 radical (unpaired) electrons. The summed E-state index contributed by atoms with van der Waals surface area (Å²) < 4.78 is 32.3. The quantitative estimate of drug-likeness (QED) is 0.325. The van der Waals surface area contributed by atoms with Gasteiger partial charge in [0.25, 0.3) is 0 Å². The van der Waals surface area contributed by atoms with E-state index in [1.807, 2.05) is 18.2 Å². The highest BCUT2D eigenvalue weighted by molar-refractivity contribution is 5.86. The van der Waals surface area contributed by atoms with Gasteiger partial charge >= 0.3 is 5.97 Å². The second-order valence-corrected chi connectivity index (χ2v) is 10.9. The number of halogens is 1. The molecule has 1 saturated heterocycles. The summed E-state index contributed by atoms with van der Waals surface area (Å²) in [5, 5.41) is 0. The highest BCUT2D eigenvalue weighted by Crippen LogP contribution is 2.57. The predicted molar refractivity (Wildman–Crippen MR) is 144 cm³/mol. The summed E-state index contributed by atoms with van der Waals surface area (Å²) in [4.78, 5) is 26.1. The van der Waals surface area contributed by atoms with E-state index in [1.165, 1.54) is 19.3 Å². The second-order valence-electron chi connectivity index (χ2n) is 10.9. The minimum absolute atomic E-state index is 0.193. The zero-order valence-corrected chi connectivity index (χ0v) is 22.4. The van der Waals surface area contributed by atoms with Crippen LogP contribution in [0.25, 0.3) is 28.7 Å². The molecule has 0 amide bonds. The lowest BCUT2D eigenvalue weighted by Gasteiger charge is -2.54. The van der Waals surface area contributed by atoms with Crippen molar-refractivity contribution in [3.05, 3.63) is 71.4 Å². The first-order chi connectivity index (χ1) is 18.8. The summed E-state index contributed by atoms with van der Waals surface area (Å²) in [7, 11) is 1.33. The van der Waals surface area contributed by atoms with Crippen molar-refractivity contribution >= 4 is 12.0 Å². The smallest absolute Gasteiger partial charge is 0.330 e. The average Bonchev–Trinajstić information content (AvgIpc) is 3.44. The molecule has 2 aliphatic carbocycles. The lowest BCUT2D eigenvalue weighted by molar-refractivity contribution is -0.234. The SMILES string of the molecule is COC(=O)/C=C/c1cc(-c2nc(-c3ccccc3F)c3c(n2)[C@]2(C)CCC4(OCCO4)[C@H](C)C2CC3)ccn1. The van der Waals surface area contributed by atoms with Crippen LogP contribution >= 0.6 is 0 Å². The lowest BCUT2D eigenvalue weighted by atomic mass is 9.54. The number of methoxy groups -OCH3 is 1. The van der Waals surface area contributed by atoms with Crippen molar-refractivity contribution in [3.8, 4) is 22.6 Å². The van der Waals surface area contributed by atoms with Crippen molar-refractivity contribution in [2.75, 3.05) is 20.3 Å². The maximum atomic E-state index is 15.2. The Hall–Kier alpha value is -3.49. The van der Waals surface area contributed by atoms with E-state index in [1.54, 1.807) is 24.4 Å². The topological polar surface area (TPSA) is 83.4 Å². The van der Waals surface area contributed by atoms with Crippen molar-refractivity contribution in [3.63, 3.8) is 0 Å². The standard InChI is InChI=1S/C31H32FN3O4/c1-19-24-10-9-23-27(22-6-4-5-7-25(22)32)34-29(20-12-15-33-21(18-20)8-11-26(36)37-3)35-28(23)30(24,2)13-14-31(19)38-16-17-39-31/h4-8,11-12,15,18-19,24H,9-10,13-14,16-17H2,1-3H3/b11-8+/t19-,24?,30-/m1/s1. The molecule has 1 spiro atoms. The Morgan fingerprint density at radius 1 is 1.15 bits per heavy atom. The second kappa shape index (κ2) is 9.92. The van der Waals surface area contributed by atoms with Gasteiger partial charge in [-0.3, -0.25) is 4.98 Å². The Bertz CT molecular complexity index is 1450. The molecule has 39 heavy (non-hydrogen) atoms. The first-order valence-corrected chi connectivity index (χ1v) is 13.5. The van der Waals surface area contributed by atoms with Gasteiger partial charge in [-0.1, -0.05) is 26.0 Å². The number of benzene rings is 1. The van der Waals surface area contributed by atoms with E-state index in [-0.39, 0.29) is 17.2 Å². The van der Waals surface area contributed by atoms with E-state index in [9.17, 15) is 4.79 Å². The van der Waals surface area contributed by atoms with Crippen LogP contribution in [0.1, 0.15) is 50.1 Å². The number of pyridine rings is 1. The number of hydrogen-bond acceptors (Lipinski definition) is 7. The normalized spacial score (nSPS) is 25.4. The van der Waals surface area contributed by atoms with E-state index in [0.29, 0.717) is 41.9 Å². The lowest BCUT2D eigenvalue weighted by Crippen LogP contribution is -2.55. The largest absolute Gasteiger partial charge is 0.466 e. The molecule has 2 aromatic heterocycles. The zero-order chi connectivity index (χ0) is 27.2. The van der Waals surface area contributed by atoms with Crippen LogP contribution in [-0.2, 0) is 30.8 Å². The van der Waals surface area contributed by atoms with Gasteiger partial charge in [-0.2, -0.15) is 0 Å². The molecule has 6 rings (SSSR count). The third-order valence-electron chi connectivity index (χ3n) is 8.90. The van der Waals surface area contributed by atoms with Crippen molar-refractivity contribution in [2.24, 2.45) is 11.8 Å². The third-order valence-corrected chi connectivity index (χ3v) is 8.90. The zero-order valence-electron chi connectivity index (χ0n) is 22.4. The number of aromatic nitrogens is 3. The van der Waals surface area contributed by atoms with E-state index in [4.69, 9.17) is 24.2 Å². The highest BCUT2D eigenvalue weighted by Gasteiger charge is 2.57. The van der Waals surface area contributed by atoms with Crippen LogP contribution < -0.4 is 0 Å². The van der Waals surface area contributed by atoms with Crippen LogP contribution in [0.3, 0.4) is 0 Å². The van der Waals surface area contributed by atoms with Crippen molar-refractivity contribution < 1.29 is 23.4 Å². The number of fused-ring (bicyclic) bond motifs is 3. The van der Waals surface area contributed by atoms with Crippen LogP contribution in [0.4, 0.5) is 4.39 Å². The van der Waals surface area contributed by atoms with E-state index < -0.39 is 11.8 Å². The third kappa shape index (κ3) is 4.36. The first-order valence-electron chi connectivity index (χ1n) is 13.5. The number of rotatable bonds is 4. The number of hydrogen-bond donors (Lipinski definition) is 0.